The Kier molecular flexibility index (Phi) is 3.58. The van der Waals surface area contributed by atoms with Gasteiger partial charge >= 0.3 is 0 Å². The predicted molar refractivity (Wildman–Crippen MR) is 84.5 cm³/mol. The van der Waals surface area contributed by atoms with E-state index in [-0.39, 0.29) is 5.91 Å². The van der Waals surface area contributed by atoms with Crippen LogP contribution in [0.4, 0.5) is 0 Å². The molecule has 0 fully saturated rings. The number of nitrogens with zero attached hydrogens (tertiary/aromatic N) is 2. The van der Waals surface area contributed by atoms with Crippen LogP contribution >= 0.6 is 0 Å². The maximum atomic E-state index is 12.3. The molecule has 0 radical (unpaired) electrons. The molecule has 2 N–H and O–H groups in total. The van der Waals surface area contributed by atoms with Crippen molar-refractivity contribution in [2.24, 2.45) is 0 Å². The van der Waals surface area contributed by atoms with E-state index in [2.05, 4.69) is 15.3 Å². The number of aromatic amines is 1. The van der Waals surface area contributed by atoms with E-state index >= 15 is 0 Å². The van der Waals surface area contributed by atoms with Gasteiger partial charge < -0.3 is 15.2 Å². The van der Waals surface area contributed by atoms with E-state index in [1.54, 1.807) is 6.20 Å². The molecule has 0 aliphatic heterocycles. The average Bonchev–Trinajstić information content (AvgIpc) is 2.85. The molecule has 0 aliphatic rings. The molecular weight excluding hydrogens is 264 g/mol. The first-order valence-electron chi connectivity index (χ1n) is 6.95. The highest BCUT2D eigenvalue weighted by Crippen LogP contribution is 2.26. The largest absolute Gasteiger partial charge is 0.353 e. The van der Waals surface area contributed by atoms with Gasteiger partial charge in [-0.1, -0.05) is 18.2 Å². The van der Waals surface area contributed by atoms with E-state index in [4.69, 9.17) is 0 Å². The molecule has 2 heterocycles. The molecule has 0 saturated heterocycles. The number of carbonyl (C=O) groups is 1. The Bertz CT molecular complexity index is 791. The van der Waals surface area contributed by atoms with Crippen molar-refractivity contribution in [3.63, 3.8) is 0 Å². The summed E-state index contributed by atoms with van der Waals surface area (Å²) < 4.78 is 0. The molecule has 5 heteroatoms. The highest BCUT2D eigenvalue weighted by Gasteiger charge is 2.14. The van der Waals surface area contributed by atoms with Gasteiger partial charge in [-0.3, -0.25) is 4.79 Å². The number of para-hydroxylation sites is 1. The predicted octanol–water partition coefficient (Wildman–Crippen LogP) is 2.01. The Hall–Kier alpha value is -2.40. The van der Waals surface area contributed by atoms with E-state index in [1.807, 2.05) is 49.3 Å². The van der Waals surface area contributed by atoms with Gasteiger partial charge in [0.15, 0.2) is 5.69 Å². The van der Waals surface area contributed by atoms with Crippen LogP contribution in [0.15, 0.2) is 36.5 Å². The Balaban J connectivity index is 1.97. The normalized spacial score (nSPS) is 11.4. The number of benzene rings is 1. The molecule has 0 spiro atoms. The lowest BCUT2D eigenvalue weighted by Crippen LogP contribution is -2.31. The highest BCUT2D eigenvalue weighted by atomic mass is 16.1. The Morgan fingerprint density at radius 1 is 1.24 bits per heavy atom. The molecule has 0 aliphatic carbocycles. The maximum Gasteiger partial charge on any atom is 0.272 e. The summed E-state index contributed by atoms with van der Waals surface area (Å²) in [5.74, 6) is -0.144. The zero-order valence-corrected chi connectivity index (χ0v) is 12.2. The van der Waals surface area contributed by atoms with Crippen LogP contribution in [0.3, 0.4) is 0 Å². The molecule has 0 bridgehead atoms. The SMILES string of the molecule is CN(C)CCNC(=O)c1nccc2c1[nH]c1ccccc12. The highest BCUT2D eigenvalue weighted by molar-refractivity contribution is 6.13. The van der Waals surface area contributed by atoms with Gasteiger partial charge in [-0.05, 0) is 26.2 Å². The molecule has 3 aromatic rings. The van der Waals surface area contributed by atoms with Crippen LogP contribution < -0.4 is 5.32 Å². The fourth-order valence-electron chi connectivity index (χ4n) is 2.42. The van der Waals surface area contributed by atoms with E-state index < -0.39 is 0 Å². The topological polar surface area (TPSA) is 61.0 Å². The van der Waals surface area contributed by atoms with Gasteiger partial charge in [0.1, 0.15) is 0 Å². The Morgan fingerprint density at radius 3 is 2.86 bits per heavy atom. The van der Waals surface area contributed by atoms with Gasteiger partial charge in [-0.2, -0.15) is 0 Å². The van der Waals surface area contributed by atoms with Crippen LogP contribution in [-0.4, -0.2) is 48.0 Å². The lowest BCUT2D eigenvalue weighted by Gasteiger charge is -2.10. The summed E-state index contributed by atoms with van der Waals surface area (Å²) in [7, 11) is 3.95. The standard InChI is InChI=1S/C16H18N4O/c1-20(2)10-9-18-16(21)15-14-12(7-8-17-15)11-5-3-4-6-13(11)19-14/h3-8,19H,9-10H2,1-2H3,(H,18,21). The molecule has 21 heavy (non-hydrogen) atoms. The minimum absolute atomic E-state index is 0.144. The molecule has 0 saturated carbocycles. The minimum Gasteiger partial charge on any atom is -0.353 e. The summed E-state index contributed by atoms with van der Waals surface area (Å²) in [6.45, 7) is 1.40. The fraction of sp³-hybridized carbons (Fsp3) is 0.250. The van der Waals surface area contributed by atoms with E-state index in [0.717, 1.165) is 28.4 Å². The van der Waals surface area contributed by atoms with Crippen LogP contribution in [-0.2, 0) is 0 Å². The average molecular weight is 282 g/mol. The number of nitrogens with one attached hydrogen (secondary N) is 2. The van der Waals surface area contributed by atoms with Crippen LogP contribution in [0, 0.1) is 0 Å². The smallest absolute Gasteiger partial charge is 0.272 e. The summed E-state index contributed by atoms with van der Waals surface area (Å²) in [5.41, 5.74) is 2.26. The van der Waals surface area contributed by atoms with Gasteiger partial charge in [0.2, 0.25) is 0 Å². The van der Waals surface area contributed by atoms with E-state index in [9.17, 15) is 4.79 Å². The summed E-state index contributed by atoms with van der Waals surface area (Å²) in [4.78, 5) is 21.9. The third kappa shape index (κ3) is 2.60. The first-order valence-corrected chi connectivity index (χ1v) is 6.95. The number of hydrogen-bond acceptors (Lipinski definition) is 3. The maximum absolute atomic E-state index is 12.3. The number of amides is 1. The summed E-state index contributed by atoms with van der Waals surface area (Å²) in [6, 6.07) is 9.95. The summed E-state index contributed by atoms with van der Waals surface area (Å²) in [5, 5.41) is 5.04. The van der Waals surface area contributed by atoms with Crippen LogP contribution in [0.5, 0.6) is 0 Å². The third-order valence-electron chi connectivity index (χ3n) is 3.49. The summed E-state index contributed by atoms with van der Waals surface area (Å²) >= 11 is 0. The molecule has 108 valence electrons. The van der Waals surface area contributed by atoms with Gasteiger partial charge in [0, 0.05) is 35.6 Å². The van der Waals surface area contributed by atoms with Crippen molar-refractivity contribution in [2.75, 3.05) is 27.2 Å². The molecule has 0 atom stereocenters. The molecule has 2 aromatic heterocycles. The number of pyridine rings is 1. The molecule has 0 unspecified atom stereocenters. The quantitative estimate of drug-likeness (QED) is 0.769. The zero-order valence-electron chi connectivity index (χ0n) is 12.2. The number of likely N-dealkylation sites (N-methyl/N-ethyl adjacent to an activating group) is 1. The molecular formula is C16H18N4O. The van der Waals surface area contributed by atoms with Crippen molar-refractivity contribution in [2.45, 2.75) is 0 Å². The first kappa shape index (κ1) is 13.6. The zero-order chi connectivity index (χ0) is 14.8. The van der Waals surface area contributed by atoms with E-state index in [0.29, 0.717) is 12.2 Å². The molecule has 1 amide bonds. The second-order valence-electron chi connectivity index (χ2n) is 5.31. The second kappa shape index (κ2) is 5.54. The molecule has 3 rings (SSSR count). The van der Waals surface area contributed by atoms with E-state index in [1.165, 1.54) is 0 Å². The number of aromatic nitrogens is 2. The van der Waals surface area contributed by atoms with Gasteiger partial charge in [-0.15, -0.1) is 0 Å². The lowest BCUT2D eigenvalue weighted by molar-refractivity contribution is 0.0948. The lowest BCUT2D eigenvalue weighted by atomic mass is 10.1. The second-order valence-corrected chi connectivity index (χ2v) is 5.31. The monoisotopic (exact) mass is 282 g/mol. The first-order chi connectivity index (χ1) is 10.2. The number of carbonyl (C=O) groups excluding carboxylic acids is 1. The van der Waals surface area contributed by atoms with Gasteiger partial charge in [-0.25, -0.2) is 4.98 Å². The third-order valence-corrected chi connectivity index (χ3v) is 3.49. The van der Waals surface area contributed by atoms with Crippen molar-refractivity contribution in [1.82, 2.24) is 20.2 Å². The van der Waals surface area contributed by atoms with Crippen molar-refractivity contribution >= 4 is 27.7 Å². The molecule has 1 aromatic carbocycles. The van der Waals surface area contributed by atoms with Gasteiger partial charge in [0.25, 0.3) is 5.91 Å². The van der Waals surface area contributed by atoms with Gasteiger partial charge in [0.05, 0.1) is 5.52 Å². The van der Waals surface area contributed by atoms with Crippen LogP contribution in [0.1, 0.15) is 10.5 Å². The van der Waals surface area contributed by atoms with Crippen molar-refractivity contribution in [3.05, 3.63) is 42.2 Å². The molecule has 5 nitrogen and oxygen atoms in total. The van der Waals surface area contributed by atoms with Crippen molar-refractivity contribution in [3.8, 4) is 0 Å². The number of fused-ring (bicyclic) bond motifs is 3. The van der Waals surface area contributed by atoms with Crippen LogP contribution in [0.25, 0.3) is 21.8 Å². The Labute approximate surface area is 123 Å². The van der Waals surface area contributed by atoms with Crippen molar-refractivity contribution in [1.29, 1.82) is 0 Å². The number of H-pyrrole nitrogens is 1. The fourth-order valence-corrected chi connectivity index (χ4v) is 2.42. The summed E-state index contributed by atoms with van der Waals surface area (Å²) in [6.07, 6.45) is 1.68. The van der Waals surface area contributed by atoms with Crippen LogP contribution in [0.2, 0.25) is 0 Å². The number of hydrogen-bond donors (Lipinski definition) is 2. The van der Waals surface area contributed by atoms with Crippen molar-refractivity contribution < 1.29 is 4.79 Å². The minimum atomic E-state index is -0.144. The Morgan fingerprint density at radius 2 is 2.05 bits per heavy atom. The number of rotatable bonds is 4.